The Balaban J connectivity index is 2.46. The summed E-state index contributed by atoms with van der Waals surface area (Å²) in [6.07, 6.45) is 0. The second kappa shape index (κ2) is 5.19. The molecular formula is C13H14I2N2O2. The maximum absolute atomic E-state index is 12.5. The lowest BCUT2D eigenvalue weighted by Gasteiger charge is -2.25. The van der Waals surface area contributed by atoms with Crippen LogP contribution in [0.15, 0.2) is 18.2 Å². The molecule has 1 atom stereocenters. The van der Waals surface area contributed by atoms with Gasteiger partial charge in [0, 0.05) is 7.14 Å². The first-order valence-corrected chi connectivity index (χ1v) is 8.04. The number of nitrogens with zero attached hydrogens (tertiary/aromatic N) is 1. The quantitative estimate of drug-likeness (QED) is 0.518. The van der Waals surface area contributed by atoms with Crippen LogP contribution in [0, 0.1) is 13.1 Å². The van der Waals surface area contributed by atoms with Crippen molar-refractivity contribution in [1.29, 1.82) is 0 Å². The van der Waals surface area contributed by atoms with Gasteiger partial charge in [-0.05, 0) is 76.2 Å². The molecule has 1 saturated heterocycles. The molecule has 1 heterocycles. The molecule has 102 valence electrons. The molecule has 1 unspecified atom stereocenters. The first-order valence-electron chi connectivity index (χ1n) is 5.88. The second-order valence-electron chi connectivity index (χ2n) is 5.06. The van der Waals surface area contributed by atoms with E-state index in [0.29, 0.717) is 5.69 Å². The van der Waals surface area contributed by atoms with Crippen LogP contribution in [-0.4, -0.2) is 17.5 Å². The standard InChI is InChI=1S/C13H14I2N2O2/c1-7(2)13(3)11(18)17(12(19)16-13)10-5-8(14)4-9(15)6-10/h4-7H,1-3H3,(H,16,19). The predicted molar refractivity (Wildman–Crippen MR) is 91.1 cm³/mol. The zero-order valence-corrected chi connectivity index (χ0v) is 15.1. The highest BCUT2D eigenvalue weighted by Gasteiger charge is 2.50. The summed E-state index contributed by atoms with van der Waals surface area (Å²) >= 11 is 4.36. The van der Waals surface area contributed by atoms with Crippen molar-refractivity contribution in [3.8, 4) is 0 Å². The maximum atomic E-state index is 12.5. The van der Waals surface area contributed by atoms with E-state index in [1.807, 2.05) is 32.0 Å². The number of rotatable bonds is 2. The number of nitrogens with one attached hydrogen (secondary N) is 1. The van der Waals surface area contributed by atoms with Gasteiger partial charge in [0.2, 0.25) is 0 Å². The summed E-state index contributed by atoms with van der Waals surface area (Å²) in [6, 6.07) is 5.32. The Morgan fingerprint density at radius 3 is 2.11 bits per heavy atom. The third kappa shape index (κ3) is 2.61. The molecule has 1 fully saturated rings. The number of carbonyl (C=O) groups excluding carboxylic acids is 2. The largest absolute Gasteiger partial charge is 0.329 e. The van der Waals surface area contributed by atoms with Crippen molar-refractivity contribution < 1.29 is 9.59 Å². The second-order valence-corrected chi connectivity index (χ2v) is 7.55. The number of amides is 3. The summed E-state index contributed by atoms with van der Waals surface area (Å²) in [5, 5.41) is 2.80. The van der Waals surface area contributed by atoms with E-state index >= 15 is 0 Å². The van der Waals surface area contributed by atoms with Gasteiger partial charge in [-0.2, -0.15) is 0 Å². The summed E-state index contributed by atoms with van der Waals surface area (Å²) in [5.74, 6) is -0.152. The van der Waals surface area contributed by atoms with Gasteiger partial charge in [0.05, 0.1) is 5.69 Å². The number of halogens is 2. The van der Waals surface area contributed by atoms with Crippen molar-refractivity contribution in [3.63, 3.8) is 0 Å². The summed E-state index contributed by atoms with van der Waals surface area (Å²) in [5.41, 5.74) is -0.202. The van der Waals surface area contributed by atoms with Crippen LogP contribution in [0.25, 0.3) is 0 Å². The Morgan fingerprint density at radius 1 is 1.16 bits per heavy atom. The SMILES string of the molecule is CC(C)C1(C)NC(=O)N(c2cc(I)cc(I)c2)C1=O. The minimum atomic E-state index is -0.830. The number of imide groups is 1. The molecule has 2 rings (SSSR count). The monoisotopic (exact) mass is 484 g/mol. The van der Waals surface area contributed by atoms with E-state index in [1.54, 1.807) is 6.92 Å². The van der Waals surface area contributed by atoms with Crippen LogP contribution in [0.5, 0.6) is 0 Å². The highest BCUT2D eigenvalue weighted by molar-refractivity contribution is 14.1. The van der Waals surface area contributed by atoms with Crippen molar-refractivity contribution >= 4 is 62.8 Å². The van der Waals surface area contributed by atoms with E-state index in [0.717, 1.165) is 7.14 Å². The average molecular weight is 484 g/mol. The lowest BCUT2D eigenvalue weighted by Crippen LogP contribution is -2.48. The molecule has 3 amide bonds. The summed E-state index contributed by atoms with van der Waals surface area (Å²) in [7, 11) is 0. The van der Waals surface area contributed by atoms with Gasteiger partial charge in [0.25, 0.3) is 5.91 Å². The molecule has 4 nitrogen and oxygen atoms in total. The Kier molecular flexibility index (Phi) is 4.10. The van der Waals surface area contributed by atoms with Gasteiger partial charge in [0.1, 0.15) is 5.54 Å². The predicted octanol–water partition coefficient (Wildman–Crippen LogP) is 3.37. The Labute approximate surface area is 139 Å². The van der Waals surface area contributed by atoms with Gasteiger partial charge in [-0.25, -0.2) is 9.69 Å². The minimum Gasteiger partial charge on any atom is -0.323 e. The van der Waals surface area contributed by atoms with Gasteiger partial charge in [-0.3, -0.25) is 4.79 Å². The van der Waals surface area contributed by atoms with Crippen molar-refractivity contribution in [2.24, 2.45) is 5.92 Å². The van der Waals surface area contributed by atoms with Crippen LogP contribution in [0.3, 0.4) is 0 Å². The van der Waals surface area contributed by atoms with Crippen LogP contribution in [0.1, 0.15) is 20.8 Å². The first kappa shape index (κ1) is 15.0. The van der Waals surface area contributed by atoms with Crippen LogP contribution >= 0.6 is 45.2 Å². The fourth-order valence-corrected chi connectivity index (χ4v) is 3.86. The Hall–Kier alpha value is -0.380. The van der Waals surface area contributed by atoms with E-state index < -0.39 is 5.54 Å². The van der Waals surface area contributed by atoms with E-state index in [-0.39, 0.29) is 17.9 Å². The molecule has 6 heteroatoms. The van der Waals surface area contributed by atoms with Crippen LogP contribution in [-0.2, 0) is 4.79 Å². The third-order valence-electron chi connectivity index (χ3n) is 3.48. The number of benzene rings is 1. The number of hydrogen-bond acceptors (Lipinski definition) is 2. The zero-order chi connectivity index (χ0) is 14.4. The number of urea groups is 1. The molecule has 0 bridgehead atoms. The first-order chi connectivity index (χ1) is 8.75. The highest BCUT2D eigenvalue weighted by atomic mass is 127. The minimum absolute atomic E-state index is 0.0378. The topological polar surface area (TPSA) is 49.4 Å². The molecule has 1 N–H and O–H groups in total. The van der Waals surface area contributed by atoms with Crippen LogP contribution in [0.2, 0.25) is 0 Å². The van der Waals surface area contributed by atoms with E-state index in [1.165, 1.54) is 4.90 Å². The summed E-state index contributed by atoms with van der Waals surface area (Å²) in [4.78, 5) is 25.9. The van der Waals surface area contributed by atoms with Gasteiger partial charge in [-0.15, -0.1) is 0 Å². The van der Waals surface area contributed by atoms with E-state index in [9.17, 15) is 9.59 Å². The Bertz CT molecular complexity index is 539. The van der Waals surface area contributed by atoms with Crippen molar-refractivity contribution in [2.75, 3.05) is 4.90 Å². The van der Waals surface area contributed by atoms with Gasteiger partial charge >= 0.3 is 6.03 Å². The van der Waals surface area contributed by atoms with Gasteiger partial charge in [-0.1, -0.05) is 13.8 Å². The van der Waals surface area contributed by atoms with Gasteiger partial charge in [0.15, 0.2) is 0 Å². The zero-order valence-electron chi connectivity index (χ0n) is 10.8. The lowest BCUT2D eigenvalue weighted by molar-refractivity contribution is -0.122. The van der Waals surface area contributed by atoms with Crippen LogP contribution in [0.4, 0.5) is 10.5 Å². The smallest absolute Gasteiger partial charge is 0.323 e. The number of hydrogen-bond donors (Lipinski definition) is 1. The lowest BCUT2D eigenvalue weighted by atomic mass is 9.88. The molecule has 0 radical (unpaired) electrons. The highest BCUT2D eigenvalue weighted by Crippen LogP contribution is 2.31. The fourth-order valence-electron chi connectivity index (χ4n) is 1.95. The molecule has 1 aliphatic rings. The van der Waals surface area contributed by atoms with Gasteiger partial charge < -0.3 is 5.32 Å². The van der Waals surface area contributed by atoms with Crippen molar-refractivity contribution in [1.82, 2.24) is 5.32 Å². The van der Waals surface area contributed by atoms with Crippen LogP contribution < -0.4 is 10.2 Å². The number of anilines is 1. The number of carbonyl (C=O) groups is 2. The Morgan fingerprint density at radius 2 is 1.68 bits per heavy atom. The summed E-state index contributed by atoms with van der Waals surface area (Å²) in [6.45, 7) is 5.64. The normalized spacial score (nSPS) is 23.2. The van der Waals surface area contributed by atoms with Crippen molar-refractivity contribution in [2.45, 2.75) is 26.3 Å². The molecule has 1 aromatic rings. The fraction of sp³-hybridized carbons (Fsp3) is 0.385. The molecule has 0 spiro atoms. The molecule has 1 aromatic carbocycles. The van der Waals surface area contributed by atoms with E-state index in [2.05, 4.69) is 50.5 Å². The molecule has 0 saturated carbocycles. The summed E-state index contributed by atoms with van der Waals surface area (Å²) < 4.78 is 2.00. The van der Waals surface area contributed by atoms with Crippen molar-refractivity contribution in [3.05, 3.63) is 25.3 Å². The molecule has 0 aliphatic carbocycles. The molecular weight excluding hydrogens is 470 g/mol. The van der Waals surface area contributed by atoms with E-state index in [4.69, 9.17) is 0 Å². The molecule has 0 aromatic heterocycles. The molecule has 1 aliphatic heterocycles. The third-order valence-corrected chi connectivity index (χ3v) is 4.72. The molecule has 19 heavy (non-hydrogen) atoms. The maximum Gasteiger partial charge on any atom is 0.329 e. The average Bonchev–Trinajstić information content (AvgIpc) is 2.49.